The van der Waals surface area contributed by atoms with E-state index in [4.69, 9.17) is 0 Å². The molecule has 9 aromatic rings. The van der Waals surface area contributed by atoms with E-state index in [-0.39, 0.29) is 16.2 Å². The number of hydrogen-bond donors (Lipinski definition) is 0. The molecule has 14 heteroatoms. The van der Waals surface area contributed by atoms with Crippen molar-refractivity contribution in [3.8, 4) is 0 Å². The molecule has 9 aromatic heterocycles. The Bertz CT molecular complexity index is 3250. The highest BCUT2D eigenvalue weighted by atomic mass is 14.9. The van der Waals surface area contributed by atoms with Crippen LogP contribution in [0.5, 0.6) is 0 Å². The van der Waals surface area contributed by atoms with Crippen LogP contribution >= 0.6 is 0 Å². The first kappa shape index (κ1) is 78.0. The van der Waals surface area contributed by atoms with Crippen LogP contribution in [0.4, 0.5) is 0 Å². The second-order valence-electron chi connectivity index (χ2n) is 25.7. The molecule has 474 valence electrons. The third-order valence-corrected chi connectivity index (χ3v) is 14.0. The number of nitrogens with zero attached hydrogens (tertiary/aromatic N) is 14. The summed E-state index contributed by atoms with van der Waals surface area (Å²) in [5.41, 5.74) is 24.4. The van der Waals surface area contributed by atoms with Gasteiger partial charge in [-0.25, -0.2) is 49.8 Å². The van der Waals surface area contributed by atoms with Gasteiger partial charge < -0.3 is 0 Å². The number of aromatic nitrogens is 14. The Kier molecular flexibility index (Phi) is 34.0. The van der Waals surface area contributed by atoms with Gasteiger partial charge >= 0.3 is 0 Å². The van der Waals surface area contributed by atoms with Crippen LogP contribution in [0, 0.1) is 111 Å². The third kappa shape index (κ3) is 30.1. The highest BCUT2D eigenvalue weighted by molar-refractivity contribution is 5.30. The zero-order valence-electron chi connectivity index (χ0n) is 59.4. The molecule has 9 heterocycles. The molecule has 0 bridgehead atoms. The zero-order chi connectivity index (χ0) is 67.1. The van der Waals surface area contributed by atoms with Crippen LogP contribution in [0.3, 0.4) is 0 Å². The molecular formula is C74H108N14. The summed E-state index contributed by atoms with van der Waals surface area (Å²) in [7, 11) is 0. The van der Waals surface area contributed by atoms with Crippen molar-refractivity contribution in [1.29, 1.82) is 0 Å². The fourth-order valence-corrected chi connectivity index (χ4v) is 8.59. The zero-order valence-corrected chi connectivity index (χ0v) is 59.4. The molecule has 9 rings (SSSR count). The molecule has 0 amide bonds. The van der Waals surface area contributed by atoms with Gasteiger partial charge in [0.25, 0.3) is 0 Å². The Morgan fingerprint density at radius 1 is 0.318 bits per heavy atom. The van der Waals surface area contributed by atoms with Crippen molar-refractivity contribution in [1.82, 2.24) is 69.8 Å². The van der Waals surface area contributed by atoms with E-state index < -0.39 is 0 Å². The van der Waals surface area contributed by atoms with Crippen LogP contribution < -0.4 is 0 Å². The molecular weight excluding hydrogens is 1080 g/mol. The lowest BCUT2D eigenvalue weighted by atomic mass is 9.85. The lowest BCUT2D eigenvalue weighted by molar-refractivity contribution is 0.582. The predicted octanol–water partition coefficient (Wildman–Crippen LogP) is 17.8. The van der Waals surface area contributed by atoms with Gasteiger partial charge in [0.15, 0.2) is 0 Å². The van der Waals surface area contributed by atoms with Crippen LogP contribution in [0.25, 0.3) is 0 Å². The number of aryl methyl sites for hydroxylation is 14. The minimum absolute atomic E-state index is 0.221. The van der Waals surface area contributed by atoms with Gasteiger partial charge in [0.1, 0.15) is 31.1 Å². The predicted molar refractivity (Wildman–Crippen MR) is 367 cm³/mol. The Hall–Kier alpha value is -8.00. The fourth-order valence-electron chi connectivity index (χ4n) is 8.59. The number of rotatable bonds is 2. The van der Waals surface area contributed by atoms with Crippen molar-refractivity contribution in [3.63, 3.8) is 0 Å². The minimum atomic E-state index is 0.221. The molecule has 0 aromatic carbocycles. The van der Waals surface area contributed by atoms with E-state index in [1.165, 1.54) is 62.1 Å². The molecule has 0 saturated carbocycles. The topological polar surface area (TPSA) is 180 Å². The fraction of sp³-hybridized carbons (Fsp3) is 0.459. The Morgan fingerprint density at radius 3 is 1.16 bits per heavy atom. The van der Waals surface area contributed by atoms with Gasteiger partial charge in [-0.1, -0.05) is 102 Å². The molecule has 0 aliphatic carbocycles. The molecule has 0 spiro atoms. The van der Waals surface area contributed by atoms with Crippen molar-refractivity contribution < 1.29 is 0 Å². The van der Waals surface area contributed by atoms with Crippen LogP contribution in [0.1, 0.15) is 220 Å². The maximum absolute atomic E-state index is 4.39. The van der Waals surface area contributed by atoms with Crippen LogP contribution in [-0.4, -0.2) is 69.8 Å². The molecule has 0 unspecified atom stereocenters. The summed E-state index contributed by atoms with van der Waals surface area (Å²) >= 11 is 0. The van der Waals surface area contributed by atoms with Crippen molar-refractivity contribution in [2.24, 2.45) is 0 Å². The van der Waals surface area contributed by atoms with Gasteiger partial charge in [-0.15, -0.1) is 0 Å². The summed E-state index contributed by atoms with van der Waals surface area (Å²) in [5, 5.41) is 0. The summed E-state index contributed by atoms with van der Waals surface area (Å²) in [4.78, 5) is 56.7. The van der Waals surface area contributed by atoms with E-state index in [0.717, 1.165) is 62.5 Å². The van der Waals surface area contributed by atoms with Crippen molar-refractivity contribution >= 4 is 0 Å². The largest absolute Gasteiger partial charge is 0.264 e. The monoisotopic (exact) mass is 1190 g/mol. The normalized spacial score (nSPS) is 10.5. The van der Waals surface area contributed by atoms with Gasteiger partial charge in [0.05, 0.1) is 0 Å². The maximum Gasteiger partial charge on any atom is 0.125 e. The molecule has 14 nitrogen and oxygen atoms in total. The lowest BCUT2D eigenvalue weighted by Gasteiger charge is -2.20. The van der Waals surface area contributed by atoms with E-state index in [9.17, 15) is 0 Å². The second kappa shape index (κ2) is 38.3. The first-order chi connectivity index (χ1) is 40.9. The standard InChI is InChI=1S/4C10H15N.2C8H12N2.C7H10N2.C6H8N2.C5H6N2/c1-8-7-11-6-5-9(8)10(2,3)4;1-8-5-6-11-7-9(8)10(2,3)4;1-8-9(10(2,3)4)6-5-7-11-8;1-7(2)10-6-5-8(3)11-9(10)4;1-6(2)8-7(3)4-9-5-10-8;1-5-6(2)9-8(4)10-7(5)3;1-5-6(2)8-4-9-7(5)3;1-5-3-7-4-8-6(5)2;1-5-2-6-4-7-3-5/h4*5-7H,1-4H3;4-6H,1-3H3;1-4H3;4H,1-3H3;3-4H,1-2H3;2-4H,1H3. The van der Waals surface area contributed by atoms with Gasteiger partial charge in [0.2, 0.25) is 0 Å². The van der Waals surface area contributed by atoms with Crippen LogP contribution in [0.2, 0.25) is 0 Å². The molecule has 0 saturated heterocycles. The van der Waals surface area contributed by atoms with Gasteiger partial charge in [-0.05, 0) is 224 Å². The van der Waals surface area contributed by atoms with Gasteiger partial charge in [-0.3, -0.25) is 19.9 Å². The SMILES string of the molecule is Cc1ccc(C(C)C)c(C)n1.Cc1ccncc1C(C)(C)C.Cc1cnccc1C(C)(C)C.Cc1cncnc1.Cc1cncnc1C.Cc1cncnc1C(C)C.Cc1nc(C)c(C)c(C)n1.Cc1ncccc1C(C)(C)C.Cc1ncnc(C)c1C. The van der Waals surface area contributed by atoms with E-state index in [1.54, 1.807) is 31.4 Å². The minimum Gasteiger partial charge on any atom is -0.264 e. The molecule has 0 atom stereocenters. The maximum atomic E-state index is 4.39. The van der Waals surface area contributed by atoms with Gasteiger partial charge in [-0.2, -0.15) is 0 Å². The van der Waals surface area contributed by atoms with E-state index in [1.807, 2.05) is 133 Å². The molecule has 0 radical (unpaired) electrons. The quantitative estimate of drug-likeness (QED) is 0.159. The first-order valence-corrected chi connectivity index (χ1v) is 30.3. The summed E-state index contributed by atoms with van der Waals surface area (Å²) in [6.07, 6.45) is 22.9. The molecule has 0 aliphatic heterocycles. The van der Waals surface area contributed by atoms with E-state index in [0.29, 0.717) is 11.8 Å². The van der Waals surface area contributed by atoms with Crippen molar-refractivity contribution in [3.05, 3.63) is 236 Å². The molecule has 0 aliphatic rings. The van der Waals surface area contributed by atoms with Crippen molar-refractivity contribution in [2.45, 2.75) is 229 Å². The average molecular weight is 1190 g/mol. The average Bonchev–Trinajstić information content (AvgIpc) is 3.66. The number of pyridine rings is 4. The summed E-state index contributed by atoms with van der Waals surface area (Å²) < 4.78 is 0. The van der Waals surface area contributed by atoms with Crippen LogP contribution in [-0.2, 0) is 16.2 Å². The highest BCUT2D eigenvalue weighted by Gasteiger charge is 2.17. The molecule has 0 fully saturated rings. The molecule has 88 heavy (non-hydrogen) atoms. The Morgan fingerprint density at radius 2 is 0.795 bits per heavy atom. The Balaban J connectivity index is 0.000000496. The third-order valence-electron chi connectivity index (χ3n) is 14.0. The molecule has 0 N–H and O–H groups in total. The van der Waals surface area contributed by atoms with Crippen LogP contribution in [0.15, 0.2) is 117 Å². The first-order valence-electron chi connectivity index (χ1n) is 30.3. The van der Waals surface area contributed by atoms with Gasteiger partial charge in [0, 0.05) is 107 Å². The summed E-state index contributed by atoms with van der Waals surface area (Å²) in [6, 6.07) is 12.5. The lowest BCUT2D eigenvalue weighted by Crippen LogP contribution is -2.13. The number of hydrogen-bond acceptors (Lipinski definition) is 14. The summed E-state index contributed by atoms with van der Waals surface area (Å²) in [6.45, 7) is 60.9. The smallest absolute Gasteiger partial charge is 0.125 e. The summed E-state index contributed by atoms with van der Waals surface area (Å²) in [5.74, 6) is 1.95. The highest BCUT2D eigenvalue weighted by Crippen LogP contribution is 2.26. The second-order valence-corrected chi connectivity index (χ2v) is 25.7. The van der Waals surface area contributed by atoms with E-state index >= 15 is 0 Å². The van der Waals surface area contributed by atoms with Crippen molar-refractivity contribution in [2.75, 3.05) is 0 Å². The van der Waals surface area contributed by atoms with E-state index in [2.05, 4.69) is 218 Å². The Labute approximate surface area is 531 Å².